The Labute approximate surface area is 197 Å². The van der Waals surface area contributed by atoms with E-state index in [1.807, 2.05) is 0 Å². The Hall–Kier alpha value is -4.29. The SMILES string of the molecule is COc1cc(NC(=O)c2nnc(Nc3ccc(F)c(F)c3)o2)cnc1O[C@H]1CC[C@H](C(=O)O)CC1. The maximum Gasteiger partial charge on any atom is 0.320 e. The van der Waals surface area contributed by atoms with Crippen molar-refractivity contribution in [2.24, 2.45) is 5.92 Å². The fraction of sp³-hybridized carbons (Fsp3) is 0.318. The summed E-state index contributed by atoms with van der Waals surface area (Å²) in [6.45, 7) is 0. The molecule has 1 saturated carbocycles. The summed E-state index contributed by atoms with van der Waals surface area (Å²) in [5.41, 5.74) is 0.419. The summed E-state index contributed by atoms with van der Waals surface area (Å²) >= 11 is 0. The molecule has 0 bridgehead atoms. The number of ether oxygens (including phenoxy) is 2. The maximum absolute atomic E-state index is 13.3. The average Bonchev–Trinajstić information content (AvgIpc) is 3.31. The number of nitrogens with zero attached hydrogens (tertiary/aromatic N) is 3. The molecule has 35 heavy (non-hydrogen) atoms. The second kappa shape index (κ2) is 10.3. The number of carboxylic acids is 1. The molecule has 11 nitrogen and oxygen atoms in total. The quantitative estimate of drug-likeness (QED) is 0.427. The zero-order valence-electron chi connectivity index (χ0n) is 18.5. The highest BCUT2D eigenvalue weighted by Crippen LogP contribution is 2.32. The van der Waals surface area contributed by atoms with Gasteiger partial charge < -0.3 is 29.6 Å². The molecule has 1 aliphatic carbocycles. The molecule has 3 N–H and O–H groups in total. The molecule has 1 aliphatic rings. The lowest BCUT2D eigenvalue weighted by molar-refractivity contribution is -0.143. The van der Waals surface area contributed by atoms with E-state index in [1.54, 1.807) is 0 Å². The third-order valence-corrected chi connectivity index (χ3v) is 5.39. The fourth-order valence-electron chi connectivity index (χ4n) is 3.57. The Kier molecular flexibility index (Phi) is 7.03. The number of hydrogen-bond acceptors (Lipinski definition) is 9. The number of aliphatic carboxylic acids is 1. The third-order valence-electron chi connectivity index (χ3n) is 5.39. The summed E-state index contributed by atoms with van der Waals surface area (Å²) in [4.78, 5) is 27.8. The number of benzene rings is 1. The zero-order chi connectivity index (χ0) is 24.9. The minimum atomic E-state index is -1.06. The first-order valence-electron chi connectivity index (χ1n) is 10.6. The van der Waals surface area contributed by atoms with E-state index in [0.29, 0.717) is 25.7 Å². The van der Waals surface area contributed by atoms with Crippen molar-refractivity contribution in [3.05, 3.63) is 48.0 Å². The number of carbonyl (C=O) groups is 2. The van der Waals surface area contributed by atoms with Gasteiger partial charge in [0.1, 0.15) is 6.10 Å². The Morgan fingerprint density at radius 2 is 1.86 bits per heavy atom. The topological polar surface area (TPSA) is 149 Å². The van der Waals surface area contributed by atoms with E-state index >= 15 is 0 Å². The van der Waals surface area contributed by atoms with E-state index < -0.39 is 23.5 Å². The van der Waals surface area contributed by atoms with Crippen LogP contribution in [-0.4, -0.2) is 45.4 Å². The summed E-state index contributed by atoms with van der Waals surface area (Å²) in [6.07, 6.45) is 3.37. The molecule has 1 aromatic carbocycles. The Morgan fingerprint density at radius 1 is 1.09 bits per heavy atom. The van der Waals surface area contributed by atoms with Crippen LogP contribution in [0.5, 0.6) is 11.6 Å². The zero-order valence-corrected chi connectivity index (χ0v) is 18.5. The van der Waals surface area contributed by atoms with Crippen molar-refractivity contribution in [2.45, 2.75) is 31.8 Å². The number of carbonyl (C=O) groups excluding carboxylic acids is 1. The second-order valence-electron chi connectivity index (χ2n) is 7.78. The highest BCUT2D eigenvalue weighted by atomic mass is 19.2. The summed E-state index contributed by atoms with van der Waals surface area (Å²) < 4.78 is 42.8. The summed E-state index contributed by atoms with van der Waals surface area (Å²) in [7, 11) is 1.42. The van der Waals surface area contributed by atoms with E-state index in [1.165, 1.54) is 25.4 Å². The number of carboxylic acid groups (broad SMARTS) is 1. The van der Waals surface area contributed by atoms with Gasteiger partial charge in [-0.05, 0) is 37.8 Å². The smallest absolute Gasteiger partial charge is 0.320 e. The van der Waals surface area contributed by atoms with Crippen LogP contribution in [0.3, 0.4) is 0 Å². The first-order valence-corrected chi connectivity index (χ1v) is 10.6. The van der Waals surface area contributed by atoms with Crippen molar-refractivity contribution < 1.29 is 37.4 Å². The molecule has 2 heterocycles. The monoisotopic (exact) mass is 489 g/mol. The molecule has 0 unspecified atom stereocenters. The minimum absolute atomic E-state index is 0.153. The molecule has 0 aliphatic heterocycles. The molecule has 4 rings (SSSR count). The predicted molar refractivity (Wildman–Crippen MR) is 117 cm³/mol. The largest absolute Gasteiger partial charge is 0.491 e. The lowest BCUT2D eigenvalue weighted by Gasteiger charge is -2.26. The highest BCUT2D eigenvalue weighted by Gasteiger charge is 2.28. The van der Waals surface area contributed by atoms with Crippen molar-refractivity contribution in [1.82, 2.24) is 15.2 Å². The molecule has 3 aromatic rings. The van der Waals surface area contributed by atoms with Crippen LogP contribution in [0.15, 0.2) is 34.9 Å². The van der Waals surface area contributed by atoms with E-state index in [4.69, 9.17) is 19.0 Å². The number of anilines is 3. The number of rotatable bonds is 8. The van der Waals surface area contributed by atoms with Crippen LogP contribution < -0.4 is 20.1 Å². The van der Waals surface area contributed by atoms with Gasteiger partial charge in [0.15, 0.2) is 17.4 Å². The van der Waals surface area contributed by atoms with Gasteiger partial charge in [0.25, 0.3) is 5.88 Å². The molecule has 0 radical (unpaired) electrons. The van der Waals surface area contributed by atoms with Crippen molar-refractivity contribution >= 4 is 29.3 Å². The maximum atomic E-state index is 13.3. The van der Waals surface area contributed by atoms with Crippen LogP contribution in [0.4, 0.5) is 26.2 Å². The normalized spacial score (nSPS) is 17.5. The van der Waals surface area contributed by atoms with Gasteiger partial charge in [0.2, 0.25) is 0 Å². The number of methoxy groups -OCH3 is 1. The van der Waals surface area contributed by atoms with Crippen molar-refractivity contribution in [2.75, 3.05) is 17.7 Å². The number of halogens is 2. The lowest BCUT2D eigenvalue weighted by atomic mass is 9.87. The minimum Gasteiger partial charge on any atom is -0.491 e. The second-order valence-corrected chi connectivity index (χ2v) is 7.78. The molecule has 184 valence electrons. The first kappa shape index (κ1) is 23.9. The standard InChI is InChI=1S/C22H21F2N5O6/c1-33-17-9-13(10-25-19(17)34-14-5-2-11(3-6-14)21(31)32)26-18(30)20-28-29-22(35-20)27-12-4-7-15(23)16(24)8-12/h4,7-11,14H,2-3,5-6H2,1H3,(H,26,30)(H,27,29)(H,31,32)/t11-,14-. The molecular weight excluding hydrogens is 468 g/mol. The molecular formula is C22H21F2N5O6. The van der Waals surface area contributed by atoms with E-state index in [2.05, 4.69) is 25.8 Å². The molecule has 1 fully saturated rings. The predicted octanol–water partition coefficient (Wildman–Crippen LogP) is 3.77. The van der Waals surface area contributed by atoms with Crippen molar-refractivity contribution in [3.63, 3.8) is 0 Å². The van der Waals surface area contributed by atoms with Crippen LogP contribution in [0.25, 0.3) is 0 Å². The number of hydrogen-bond donors (Lipinski definition) is 3. The van der Waals surface area contributed by atoms with Gasteiger partial charge in [0, 0.05) is 17.8 Å². The van der Waals surface area contributed by atoms with Gasteiger partial charge >= 0.3 is 23.8 Å². The van der Waals surface area contributed by atoms with Crippen LogP contribution in [0, 0.1) is 17.6 Å². The van der Waals surface area contributed by atoms with Gasteiger partial charge in [-0.1, -0.05) is 5.10 Å². The van der Waals surface area contributed by atoms with Gasteiger partial charge in [0.05, 0.1) is 24.9 Å². The third kappa shape index (κ3) is 5.80. The highest BCUT2D eigenvalue weighted by molar-refractivity contribution is 6.01. The molecule has 13 heteroatoms. The Morgan fingerprint density at radius 3 is 2.54 bits per heavy atom. The van der Waals surface area contributed by atoms with Crippen LogP contribution in [0.1, 0.15) is 36.4 Å². The summed E-state index contributed by atoms with van der Waals surface area (Å²) in [6, 6.07) is 4.40. The van der Waals surface area contributed by atoms with Crippen LogP contribution in [-0.2, 0) is 4.79 Å². The lowest BCUT2D eigenvalue weighted by Crippen LogP contribution is -2.28. The van der Waals surface area contributed by atoms with E-state index in [-0.39, 0.29) is 46.9 Å². The number of pyridine rings is 1. The molecule has 2 aromatic heterocycles. The van der Waals surface area contributed by atoms with Gasteiger partial charge in [-0.2, -0.15) is 0 Å². The molecule has 0 spiro atoms. The van der Waals surface area contributed by atoms with Gasteiger partial charge in [-0.25, -0.2) is 13.8 Å². The van der Waals surface area contributed by atoms with E-state index in [9.17, 15) is 18.4 Å². The number of nitrogens with one attached hydrogen (secondary N) is 2. The van der Waals surface area contributed by atoms with E-state index in [0.717, 1.165) is 12.1 Å². The van der Waals surface area contributed by atoms with Crippen molar-refractivity contribution in [3.8, 4) is 11.6 Å². The molecule has 1 amide bonds. The van der Waals surface area contributed by atoms with Crippen LogP contribution >= 0.6 is 0 Å². The fourth-order valence-corrected chi connectivity index (χ4v) is 3.57. The van der Waals surface area contributed by atoms with Gasteiger partial charge in [-0.3, -0.25) is 9.59 Å². The molecule has 0 saturated heterocycles. The van der Waals surface area contributed by atoms with Gasteiger partial charge in [-0.15, -0.1) is 5.10 Å². The van der Waals surface area contributed by atoms with Crippen LogP contribution in [0.2, 0.25) is 0 Å². The first-order chi connectivity index (χ1) is 16.8. The summed E-state index contributed by atoms with van der Waals surface area (Å²) in [5, 5.41) is 21.5. The average molecular weight is 489 g/mol. The Balaban J connectivity index is 1.37. The number of amides is 1. The van der Waals surface area contributed by atoms with Crippen molar-refractivity contribution in [1.29, 1.82) is 0 Å². The number of aromatic nitrogens is 3. The Bertz CT molecular complexity index is 1230. The molecule has 0 atom stereocenters. The summed E-state index contributed by atoms with van der Waals surface area (Å²) in [5.74, 6) is -3.85.